The molecule has 3 fully saturated rings. The van der Waals surface area contributed by atoms with Crippen LogP contribution in [0.15, 0.2) is 0 Å². The summed E-state index contributed by atoms with van der Waals surface area (Å²) in [6, 6.07) is 0. The molecule has 0 aromatic rings. The Morgan fingerprint density at radius 1 is 1.24 bits per heavy atom. The molecule has 3 heteroatoms. The Hall–Kier alpha value is -0.570. The minimum atomic E-state index is -0.357. The molecule has 5 atom stereocenters. The third-order valence-corrected chi connectivity index (χ3v) is 6.75. The predicted molar refractivity (Wildman–Crippen MR) is 81.6 cm³/mol. The second kappa shape index (κ2) is 5.26. The molecule has 0 aromatic heterocycles. The van der Waals surface area contributed by atoms with Crippen molar-refractivity contribution in [3.8, 4) is 0 Å². The van der Waals surface area contributed by atoms with Crippen molar-refractivity contribution in [2.45, 2.75) is 72.3 Å². The third-order valence-electron chi connectivity index (χ3n) is 6.75. The van der Waals surface area contributed by atoms with Crippen LogP contribution in [0.25, 0.3) is 0 Å². The van der Waals surface area contributed by atoms with Crippen molar-refractivity contribution in [2.24, 2.45) is 28.6 Å². The van der Waals surface area contributed by atoms with Crippen LogP contribution in [0.4, 0.5) is 0 Å². The highest BCUT2D eigenvalue weighted by molar-refractivity contribution is 5.76. The molecule has 0 saturated heterocycles. The molecule has 0 aromatic carbocycles. The van der Waals surface area contributed by atoms with Gasteiger partial charge >= 0.3 is 5.97 Å². The fourth-order valence-electron chi connectivity index (χ4n) is 5.01. The van der Waals surface area contributed by atoms with Gasteiger partial charge in [0.05, 0.1) is 11.5 Å². The zero-order chi connectivity index (χ0) is 15.3. The van der Waals surface area contributed by atoms with Crippen molar-refractivity contribution in [1.29, 1.82) is 0 Å². The highest BCUT2D eigenvalue weighted by Gasteiger charge is 2.67. The molecule has 3 saturated carbocycles. The summed E-state index contributed by atoms with van der Waals surface area (Å²) < 4.78 is 11.5. The molecule has 120 valence electrons. The van der Waals surface area contributed by atoms with E-state index in [9.17, 15) is 4.79 Å². The molecule has 0 heterocycles. The second-order valence-electron chi connectivity index (χ2n) is 8.13. The largest absolute Gasteiger partial charge is 0.438 e. The van der Waals surface area contributed by atoms with E-state index in [1.165, 1.54) is 25.7 Å². The van der Waals surface area contributed by atoms with Gasteiger partial charge in [0.2, 0.25) is 0 Å². The van der Waals surface area contributed by atoms with Gasteiger partial charge < -0.3 is 9.47 Å². The number of rotatable bonds is 6. The van der Waals surface area contributed by atoms with Crippen LogP contribution >= 0.6 is 0 Å². The van der Waals surface area contributed by atoms with E-state index in [-0.39, 0.29) is 18.2 Å². The van der Waals surface area contributed by atoms with Gasteiger partial charge in [-0.3, -0.25) is 4.79 Å². The monoisotopic (exact) mass is 294 g/mol. The van der Waals surface area contributed by atoms with E-state index in [1.54, 1.807) is 0 Å². The summed E-state index contributed by atoms with van der Waals surface area (Å²) in [6.45, 7) is 8.59. The molecule has 0 N–H and O–H groups in total. The predicted octanol–water partition coefficient (Wildman–Crippen LogP) is 4.15. The average Bonchev–Trinajstić information content (AvgIpc) is 3.07. The quantitative estimate of drug-likeness (QED) is 0.545. The van der Waals surface area contributed by atoms with Gasteiger partial charge in [-0.1, -0.05) is 20.8 Å². The summed E-state index contributed by atoms with van der Waals surface area (Å²) in [7, 11) is 0. The summed E-state index contributed by atoms with van der Waals surface area (Å²) >= 11 is 0. The maximum absolute atomic E-state index is 12.2. The van der Waals surface area contributed by atoms with Crippen LogP contribution in [-0.2, 0) is 14.3 Å². The first-order valence-corrected chi connectivity index (χ1v) is 8.73. The molecule has 0 radical (unpaired) electrons. The Labute approximate surface area is 128 Å². The van der Waals surface area contributed by atoms with E-state index in [4.69, 9.17) is 9.47 Å². The Balaban J connectivity index is 1.50. The number of carbonyl (C=O) groups excluding carboxylic acids is 1. The van der Waals surface area contributed by atoms with Gasteiger partial charge in [-0.2, -0.15) is 0 Å². The molecule has 0 aliphatic heterocycles. The molecular weight excluding hydrogens is 264 g/mol. The summed E-state index contributed by atoms with van der Waals surface area (Å²) in [6.07, 6.45) is 7.35. The first-order valence-electron chi connectivity index (χ1n) is 8.73. The number of esters is 1. The van der Waals surface area contributed by atoms with Gasteiger partial charge in [0.1, 0.15) is 0 Å². The van der Waals surface area contributed by atoms with Crippen LogP contribution in [0.2, 0.25) is 0 Å². The molecule has 3 rings (SSSR count). The van der Waals surface area contributed by atoms with E-state index in [0.29, 0.717) is 17.4 Å². The van der Waals surface area contributed by atoms with Crippen LogP contribution in [0.3, 0.4) is 0 Å². The number of carbonyl (C=O) groups is 1. The normalized spacial score (nSPS) is 40.8. The number of hydrogen-bond acceptors (Lipinski definition) is 3. The Morgan fingerprint density at radius 3 is 2.62 bits per heavy atom. The van der Waals surface area contributed by atoms with Crippen LogP contribution < -0.4 is 0 Å². The molecule has 3 aliphatic carbocycles. The van der Waals surface area contributed by atoms with E-state index in [2.05, 4.69) is 6.92 Å². The first-order chi connectivity index (χ1) is 9.94. The highest BCUT2D eigenvalue weighted by atomic mass is 16.7. The van der Waals surface area contributed by atoms with Gasteiger partial charge in [-0.05, 0) is 68.6 Å². The Kier molecular flexibility index (Phi) is 3.84. The fourth-order valence-corrected chi connectivity index (χ4v) is 5.01. The smallest absolute Gasteiger partial charge is 0.313 e. The van der Waals surface area contributed by atoms with Gasteiger partial charge in [-0.25, -0.2) is 0 Å². The molecule has 21 heavy (non-hydrogen) atoms. The zero-order valence-electron chi connectivity index (χ0n) is 14.0. The van der Waals surface area contributed by atoms with Crippen LogP contribution in [-0.4, -0.2) is 18.9 Å². The lowest BCUT2D eigenvalue weighted by Crippen LogP contribution is -2.31. The third kappa shape index (κ3) is 2.52. The van der Waals surface area contributed by atoms with E-state index in [1.807, 2.05) is 20.8 Å². The molecule has 1 spiro atoms. The van der Waals surface area contributed by atoms with Gasteiger partial charge in [-0.15, -0.1) is 0 Å². The highest BCUT2D eigenvalue weighted by Crippen LogP contribution is 2.72. The minimum Gasteiger partial charge on any atom is -0.438 e. The fraction of sp³-hybridized carbons (Fsp3) is 0.944. The number of ether oxygens (including phenoxy) is 2. The standard InChI is InChI=1S/C18H30O3/c1-5-17(4,6-2)16(19)21-11-20-15-13-7-12(3)8-18(9-13)10-14(15)18/h12-15H,5-11H2,1-4H3. The van der Waals surface area contributed by atoms with E-state index >= 15 is 0 Å². The van der Waals surface area contributed by atoms with Crippen LogP contribution in [0, 0.1) is 28.6 Å². The summed E-state index contributed by atoms with van der Waals surface area (Å²) in [5.41, 5.74) is 0.253. The lowest BCUT2D eigenvalue weighted by atomic mass is 9.77. The summed E-state index contributed by atoms with van der Waals surface area (Å²) in [5, 5.41) is 0. The zero-order valence-corrected chi connectivity index (χ0v) is 14.0. The maximum atomic E-state index is 12.2. The van der Waals surface area contributed by atoms with Gasteiger partial charge in [0, 0.05) is 0 Å². The molecule has 0 amide bonds. The second-order valence-corrected chi connectivity index (χ2v) is 8.13. The molecule has 3 nitrogen and oxygen atoms in total. The van der Waals surface area contributed by atoms with Gasteiger partial charge in [0.15, 0.2) is 6.79 Å². The van der Waals surface area contributed by atoms with Crippen molar-refractivity contribution in [3.63, 3.8) is 0 Å². The van der Waals surface area contributed by atoms with Crippen LogP contribution in [0.5, 0.6) is 0 Å². The average molecular weight is 294 g/mol. The first kappa shape index (κ1) is 15.3. The van der Waals surface area contributed by atoms with Crippen molar-refractivity contribution in [1.82, 2.24) is 0 Å². The topological polar surface area (TPSA) is 35.5 Å². The van der Waals surface area contributed by atoms with Crippen molar-refractivity contribution < 1.29 is 14.3 Å². The summed E-state index contributed by atoms with van der Waals surface area (Å²) in [5.74, 6) is 2.19. The van der Waals surface area contributed by atoms with Crippen LogP contribution in [0.1, 0.15) is 66.2 Å². The van der Waals surface area contributed by atoms with Gasteiger partial charge in [0.25, 0.3) is 0 Å². The Bertz CT molecular complexity index is 415. The lowest BCUT2D eigenvalue weighted by Gasteiger charge is -2.31. The molecule has 3 aliphatic rings. The van der Waals surface area contributed by atoms with Crippen molar-refractivity contribution in [3.05, 3.63) is 0 Å². The molecular formula is C18H30O3. The van der Waals surface area contributed by atoms with E-state index < -0.39 is 0 Å². The Morgan fingerprint density at radius 2 is 1.95 bits per heavy atom. The molecule has 5 unspecified atom stereocenters. The molecule has 2 bridgehead atoms. The number of hydrogen-bond donors (Lipinski definition) is 0. The number of fused-ring (bicyclic) bond motifs is 1. The summed E-state index contributed by atoms with van der Waals surface area (Å²) in [4.78, 5) is 12.2. The van der Waals surface area contributed by atoms with Crippen molar-refractivity contribution >= 4 is 5.97 Å². The van der Waals surface area contributed by atoms with E-state index in [0.717, 1.165) is 24.7 Å². The van der Waals surface area contributed by atoms with Crippen molar-refractivity contribution in [2.75, 3.05) is 6.79 Å². The SMILES string of the molecule is CCC(C)(CC)C(=O)OCOC1C2CC(C)CC3(C2)CC13. The minimum absolute atomic E-state index is 0.104. The maximum Gasteiger partial charge on any atom is 0.313 e. The lowest BCUT2D eigenvalue weighted by molar-refractivity contribution is -0.175.